The van der Waals surface area contributed by atoms with Crippen molar-refractivity contribution in [1.82, 2.24) is 5.32 Å². The second kappa shape index (κ2) is 7.87. The van der Waals surface area contributed by atoms with Crippen molar-refractivity contribution >= 4 is 22.8 Å². The molecule has 3 aromatic rings. The first kappa shape index (κ1) is 18.9. The van der Waals surface area contributed by atoms with Crippen molar-refractivity contribution in [1.29, 1.82) is 0 Å². The van der Waals surface area contributed by atoms with Gasteiger partial charge in [-0.3, -0.25) is 9.59 Å². The zero-order valence-corrected chi connectivity index (χ0v) is 16.2. The smallest absolute Gasteiger partial charge is 0.310 e. The summed E-state index contributed by atoms with van der Waals surface area (Å²) in [6.45, 7) is 3.67. The Bertz CT molecular complexity index is 1070. The number of furan rings is 1. The fourth-order valence-corrected chi connectivity index (χ4v) is 3.23. The van der Waals surface area contributed by atoms with Crippen molar-refractivity contribution < 1.29 is 28.2 Å². The molecule has 4 rings (SSSR count). The van der Waals surface area contributed by atoms with Crippen molar-refractivity contribution in [3.8, 4) is 11.5 Å². The van der Waals surface area contributed by atoms with Crippen LogP contribution in [0.15, 0.2) is 47.1 Å². The number of benzene rings is 2. The fraction of sp³-hybridized carbons (Fsp3) is 0.273. The molecule has 0 unspecified atom stereocenters. The lowest BCUT2D eigenvalue weighted by molar-refractivity contribution is -0.148. The summed E-state index contributed by atoms with van der Waals surface area (Å²) < 4.78 is 21.2. The van der Waals surface area contributed by atoms with Crippen molar-refractivity contribution in [3.05, 3.63) is 59.4 Å². The average molecular weight is 395 g/mol. The molecule has 1 amide bonds. The van der Waals surface area contributed by atoms with Crippen LogP contribution in [0.3, 0.4) is 0 Å². The van der Waals surface area contributed by atoms with Gasteiger partial charge in [0.1, 0.15) is 5.58 Å². The summed E-state index contributed by atoms with van der Waals surface area (Å²) >= 11 is 0. The molecule has 1 aromatic heterocycles. The number of nitrogens with one attached hydrogen (secondary N) is 1. The van der Waals surface area contributed by atoms with Gasteiger partial charge in [0.25, 0.3) is 5.91 Å². The van der Waals surface area contributed by atoms with Gasteiger partial charge in [0, 0.05) is 10.9 Å². The number of hydrogen-bond acceptors (Lipinski definition) is 6. The molecule has 1 aliphatic rings. The minimum Gasteiger partial charge on any atom is -0.464 e. The van der Waals surface area contributed by atoms with Gasteiger partial charge in [-0.1, -0.05) is 18.2 Å². The Morgan fingerprint density at radius 3 is 2.83 bits per heavy atom. The Hall–Kier alpha value is -3.48. The first-order chi connectivity index (χ1) is 14.0. The second-order valence-electron chi connectivity index (χ2n) is 7.00. The van der Waals surface area contributed by atoms with Crippen LogP contribution in [-0.2, 0) is 20.7 Å². The van der Waals surface area contributed by atoms with Gasteiger partial charge in [-0.25, -0.2) is 0 Å². The van der Waals surface area contributed by atoms with Crippen LogP contribution in [0, 0.1) is 6.92 Å². The number of hydrogen-bond donors (Lipinski definition) is 1. The van der Waals surface area contributed by atoms with Crippen LogP contribution in [-0.4, -0.2) is 25.3 Å². The van der Waals surface area contributed by atoms with Gasteiger partial charge < -0.3 is 23.9 Å². The minimum absolute atomic E-state index is 0.0427. The number of carbonyl (C=O) groups excluding carboxylic acids is 2. The molecule has 0 saturated carbocycles. The van der Waals surface area contributed by atoms with E-state index in [1.165, 1.54) is 0 Å². The third kappa shape index (κ3) is 4.18. The molecular formula is C22H21NO6. The van der Waals surface area contributed by atoms with Gasteiger partial charge >= 0.3 is 5.97 Å². The number of esters is 1. The van der Waals surface area contributed by atoms with Gasteiger partial charge in [0.15, 0.2) is 18.1 Å². The molecule has 0 bridgehead atoms. The first-order valence-corrected chi connectivity index (χ1v) is 9.31. The lowest BCUT2D eigenvalue weighted by Crippen LogP contribution is -2.31. The lowest BCUT2D eigenvalue weighted by Gasteiger charge is -2.15. The van der Waals surface area contributed by atoms with Gasteiger partial charge in [-0.05, 0) is 43.2 Å². The van der Waals surface area contributed by atoms with E-state index in [0.717, 1.165) is 27.7 Å². The van der Waals surface area contributed by atoms with Crippen LogP contribution in [0.5, 0.6) is 11.5 Å². The number of ether oxygens (including phenoxy) is 3. The van der Waals surface area contributed by atoms with Crippen LogP contribution in [0.4, 0.5) is 0 Å². The molecule has 7 nitrogen and oxygen atoms in total. The van der Waals surface area contributed by atoms with Gasteiger partial charge in [0.2, 0.25) is 6.79 Å². The zero-order chi connectivity index (χ0) is 20.4. The SMILES string of the molecule is Cc1ccc2c(CC(=O)OCC(=O)N[C@@H](C)c3ccc4c(c3)OCO4)coc2c1. The van der Waals surface area contributed by atoms with Crippen LogP contribution in [0.25, 0.3) is 11.0 Å². The second-order valence-corrected chi connectivity index (χ2v) is 7.00. The van der Waals surface area contributed by atoms with Gasteiger partial charge in [-0.15, -0.1) is 0 Å². The lowest BCUT2D eigenvalue weighted by atomic mass is 10.1. The molecule has 0 fully saturated rings. The summed E-state index contributed by atoms with van der Waals surface area (Å²) in [5, 5.41) is 3.68. The Morgan fingerprint density at radius 2 is 1.97 bits per heavy atom. The Kier molecular flexibility index (Phi) is 5.12. The molecule has 1 N–H and O–H groups in total. The van der Waals surface area contributed by atoms with Crippen molar-refractivity contribution in [3.63, 3.8) is 0 Å². The van der Waals surface area contributed by atoms with E-state index in [0.29, 0.717) is 11.5 Å². The molecule has 2 heterocycles. The topological polar surface area (TPSA) is 87.0 Å². The van der Waals surface area contributed by atoms with Crippen LogP contribution in [0.1, 0.15) is 29.7 Å². The Balaban J connectivity index is 1.29. The number of aryl methyl sites for hydroxylation is 1. The largest absolute Gasteiger partial charge is 0.464 e. The number of carbonyl (C=O) groups is 2. The fourth-order valence-electron chi connectivity index (χ4n) is 3.23. The van der Waals surface area contributed by atoms with Crippen molar-refractivity contribution in [2.75, 3.05) is 13.4 Å². The quantitative estimate of drug-likeness (QED) is 0.644. The van der Waals surface area contributed by atoms with Gasteiger partial charge in [0.05, 0.1) is 18.7 Å². The molecule has 150 valence electrons. The van der Waals surface area contributed by atoms with E-state index >= 15 is 0 Å². The van der Waals surface area contributed by atoms with Crippen LogP contribution >= 0.6 is 0 Å². The highest BCUT2D eigenvalue weighted by Crippen LogP contribution is 2.34. The highest BCUT2D eigenvalue weighted by Gasteiger charge is 2.18. The third-order valence-electron chi connectivity index (χ3n) is 4.78. The highest BCUT2D eigenvalue weighted by atomic mass is 16.7. The number of fused-ring (bicyclic) bond motifs is 2. The first-order valence-electron chi connectivity index (χ1n) is 9.31. The van der Waals surface area contributed by atoms with E-state index in [-0.39, 0.29) is 31.8 Å². The summed E-state index contributed by atoms with van der Waals surface area (Å²) in [5.74, 6) is 0.469. The molecule has 0 aliphatic carbocycles. The summed E-state index contributed by atoms with van der Waals surface area (Å²) in [6, 6.07) is 11.0. The maximum atomic E-state index is 12.2. The van der Waals surface area contributed by atoms with Crippen molar-refractivity contribution in [2.45, 2.75) is 26.3 Å². The van der Waals surface area contributed by atoms with E-state index in [2.05, 4.69) is 5.32 Å². The molecule has 2 aromatic carbocycles. The van der Waals surface area contributed by atoms with Crippen molar-refractivity contribution in [2.24, 2.45) is 0 Å². The van der Waals surface area contributed by atoms with E-state index in [9.17, 15) is 9.59 Å². The van der Waals surface area contributed by atoms with Crippen LogP contribution in [0.2, 0.25) is 0 Å². The van der Waals surface area contributed by atoms with E-state index in [1.807, 2.05) is 44.2 Å². The number of amides is 1. The molecule has 7 heteroatoms. The van der Waals surface area contributed by atoms with Gasteiger partial charge in [-0.2, -0.15) is 0 Å². The molecule has 1 aliphatic heterocycles. The standard InChI is InChI=1S/C22H21NO6/c1-13-3-5-17-16(10-26-19(17)7-13)9-22(25)27-11-21(24)23-14(2)15-4-6-18-20(8-15)29-12-28-18/h3-8,10,14H,9,11-12H2,1-2H3,(H,23,24)/t14-/m0/s1. The normalized spacial score (nSPS) is 13.3. The predicted molar refractivity (Wildman–Crippen MR) is 105 cm³/mol. The molecule has 0 saturated heterocycles. The molecule has 29 heavy (non-hydrogen) atoms. The highest BCUT2D eigenvalue weighted by molar-refractivity contribution is 5.87. The molecule has 1 atom stereocenters. The summed E-state index contributed by atoms with van der Waals surface area (Å²) in [7, 11) is 0. The maximum Gasteiger partial charge on any atom is 0.310 e. The average Bonchev–Trinajstić information content (AvgIpc) is 3.32. The number of rotatable bonds is 6. The van der Waals surface area contributed by atoms with E-state index in [4.69, 9.17) is 18.6 Å². The van der Waals surface area contributed by atoms with E-state index in [1.54, 1.807) is 12.3 Å². The predicted octanol–water partition coefficient (Wildman–Crippen LogP) is 3.43. The monoisotopic (exact) mass is 395 g/mol. The summed E-state index contributed by atoms with van der Waals surface area (Å²) in [5.41, 5.74) is 3.41. The molecular weight excluding hydrogens is 374 g/mol. The minimum atomic E-state index is -0.487. The Morgan fingerprint density at radius 1 is 1.14 bits per heavy atom. The maximum absolute atomic E-state index is 12.2. The molecule has 0 radical (unpaired) electrons. The van der Waals surface area contributed by atoms with E-state index < -0.39 is 5.97 Å². The summed E-state index contributed by atoms with van der Waals surface area (Å²) in [4.78, 5) is 24.3. The Labute approximate surface area is 167 Å². The third-order valence-corrected chi connectivity index (χ3v) is 4.78. The summed E-state index contributed by atoms with van der Waals surface area (Å²) in [6.07, 6.45) is 1.59. The molecule has 0 spiro atoms. The van der Waals surface area contributed by atoms with Crippen LogP contribution < -0.4 is 14.8 Å². The zero-order valence-electron chi connectivity index (χ0n) is 16.2.